The van der Waals surface area contributed by atoms with E-state index in [4.69, 9.17) is 14.2 Å². The summed E-state index contributed by atoms with van der Waals surface area (Å²) >= 11 is 0. The highest BCUT2D eigenvalue weighted by atomic mass is 16.6. The molecule has 0 amide bonds. The maximum absolute atomic E-state index is 12.7. The highest BCUT2D eigenvalue weighted by Crippen LogP contribution is 2.13. The first-order chi connectivity index (χ1) is 29.0. The van der Waals surface area contributed by atoms with Gasteiger partial charge in [0.05, 0.1) is 0 Å². The first-order valence-corrected chi connectivity index (χ1v) is 23.8. The Balaban J connectivity index is 4.43. The second kappa shape index (κ2) is 47.0. The van der Waals surface area contributed by atoms with Crippen LogP contribution >= 0.6 is 0 Å². The molecular formula is C53H86O6. The summed E-state index contributed by atoms with van der Waals surface area (Å²) in [5, 5.41) is 0. The molecule has 334 valence electrons. The van der Waals surface area contributed by atoms with Crippen LogP contribution in [0.15, 0.2) is 97.2 Å². The van der Waals surface area contributed by atoms with Crippen molar-refractivity contribution in [3.05, 3.63) is 97.2 Å². The highest BCUT2D eigenvalue weighted by Gasteiger charge is 2.19. The summed E-state index contributed by atoms with van der Waals surface area (Å²) in [4.78, 5) is 37.7. The molecule has 6 heteroatoms. The summed E-state index contributed by atoms with van der Waals surface area (Å²) in [6, 6.07) is 0. The molecule has 0 aromatic heterocycles. The number of carbonyl (C=O) groups excluding carboxylic acids is 3. The van der Waals surface area contributed by atoms with Crippen molar-refractivity contribution in [3.8, 4) is 0 Å². The number of allylic oxidation sites excluding steroid dienone is 16. The van der Waals surface area contributed by atoms with Crippen LogP contribution in [0.4, 0.5) is 0 Å². The Kier molecular flexibility index (Phi) is 44.1. The van der Waals surface area contributed by atoms with Gasteiger partial charge in [-0.1, -0.05) is 195 Å². The van der Waals surface area contributed by atoms with Gasteiger partial charge in [0.1, 0.15) is 13.2 Å². The fraction of sp³-hybridized carbons (Fsp3) is 0.642. The van der Waals surface area contributed by atoms with Gasteiger partial charge in [0, 0.05) is 19.3 Å². The molecule has 59 heavy (non-hydrogen) atoms. The van der Waals surface area contributed by atoms with Gasteiger partial charge in [-0.05, 0) is 83.5 Å². The van der Waals surface area contributed by atoms with Crippen molar-refractivity contribution in [1.82, 2.24) is 0 Å². The Bertz CT molecular complexity index is 1220. The Labute approximate surface area is 362 Å². The van der Waals surface area contributed by atoms with Gasteiger partial charge in [0.15, 0.2) is 6.10 Å². The summed E-state index contributed by atoms with van der Waals surface area (Å²) in [5.74, 6) is -1.05. The molecule has 0 spiro atoms. The van der Waals surface area contributed by atoms with Crippen molar-refractivity contribution < 1.29 is 28.6 Å². The topological polar surface area (TPSA) is 78.9 Å². The van der Waals surface area contributed by atoms with Crippen molar-refractivity contribution in [2.45, 2.75) is 207 Å². The molecule has 0 saturated carbocycles. The van der Waals surface area contributed by atoms with Crippen molar-refractivity contribution in [2.75, 3.05) is 13.2 Å². The van der Waals surface area contributed by atoms with Gasteiger partial charge in [-0.15, -0.1) is 0 Å². The van der Waals surface area contributed by atoms with E-state index in [-0.39, 0.29) is 31.6 Å². The summed E-state index contributed by atoms with van der Waals surface area (Å²) < 4.78 is 16.6. The van der Waals surface area contributed by atoms with E-state index in [1.807, 2.05) is 54.7 Å². The van der Waals surface area contributed by atoms with Gasteiger partial charge in [0.2, 0.25) is 0 Å². The molecule has 1 atom stereocenters. The molecular weight excluding hydrogens is 733 g/mol. The van der Waals surface area contributed by atoms with E-state index in [0.29, 0.717) is 19.3 Å². The average molecular weight is 819 g/mol. The minimum Gasteiger partial charge on any atom is -0.462 e. The number of hydrogen-bond acceptors (Lipinski definition) is 6. The molecule has 0 aliphatic rings. The summed E-state index contributed by atoms with van der Waals surface area (Å²) in [6.07, 6.45) is 61.3. The zero-order chi connectivity index (χ0) is 43.0. The summed E-state index contributed by atoms with van der Waals surface area (Å²) in [6.45, 7) is 6.25. The Morgan fingerprint density at radius 3 is 1.31 bits per heavy atom. The van der Waals surface area contributed by atoms with Crippen LogP contribution in [0.25, 0.3) is 0 Å². The highest BCUT2D eigenvalue weighted by molar-refractivity contribution is 5.71. The van der Waals surface area contributed by atoms with Gasteiger partial charge in [-0.2, -0.15) is 0 Å². The van der Waals surface area contributed by atoms with Crippen molar-refractivity contribution in [3.63, 3.8) is 0 Å². The van der Waals surface area contributed by atoms with E-state index in [1.165, 1.54) is 89.9 Å². The molecule has 0 bridgehead atoms. The molecule has 0 aromatic carbocycles. The predicted molar refractivity (Wildman–Crippen MR) is 251 cm³/mol. The number of rotatable bonds is 41. The minimum absolute atomic E-state index is 0.120. The van der Waals surface area contributed by atoms with Crippen LogP contribution in [0, 0.1) is 0 Å². The number of hydrogen-bond donors (Lipinski definition) is 0. The van der Waals surface area contributed by atoms with Gasteiger partial charge in [-0.3, -0.25) is 14.4 Å². The third-order valence-corrected chi connectivity index (χ3v) is 9.68. The minimum atomic E-state index is -0.828. The van der Waals surface area contributed by atoms with E-state index in [9.17, 15) is 14.4 Å². The van der Waals surface area contributed by atoms with Crippen LogP contribution in [0.5, 0.6) is 0 Å². The second-order valence-corrected chi connectivity index (χ2v) is 15.4. The zero-order valence-electron chi connectivity index (χ0n) is 38.0. The third-order valence-electron chi connectivity index (χ3n) is 9.68. The lowest BCUT2D eigenvalue weighted by Crippen LogP contribution is -2.30. The zero-order valence-corrected chi connectivity index (χ0v) is 38.0. The molecule has 0 N–H and O–H groups in total. The number of esters is 3. The lowest BCUT2D eigenvalue weighted by molar-refractivity contribution is -0.167. The summed E-state index contributed by atoms with van der Waals surface area (Å²) in [7, 11) is 0. The molecule has 1 unspecified atom stereocenters. The molecule has 0 fully saturated rings. The van der Waals surface area contributed by atoms with E-state index in [1.54, 1.807) is 0 Å². The van der Waals surface area contributed by atoms with Crippen molar-refractivity contribution in [1.29, 1.82) is 0 Å². The molecule has 0 heterocycles. The van der Waals surface area contributed by atoms with Crippen LogP contribution in [-0.4, -0.2) is 37.2 Å². The monoisotopic (exact) mass is 819 g/mol. The Hall–Kier alpha value is -3.67. The summed E-state index contributed by atoms with van der Waals surface area (Å²) in [5.41, 5.74) is 0. The van der Waals surface area contributed by atoms with E-state index >= 15 is 0 Å². The number of carbonyl (C=O) groups is 3. The standard InChI is InChI=1S/C53H86O6/c1-4-7-10-13-16-19-21-23-24-25-26-27-28-30-31-34-37-40-43-46-52(55)58-49-50(48-57-51(54)45-42-39-36-33-18-15-12-9-6-3)59-53(56)47-44-41-38-35-32-29-22-20-17-14-11-8-5-2/h8-9,11-12,14,17-18,20,22,25-26,29,32-33,35,38,50H,4-7,10,13,15-16,19,21,23-24,27-28,30-31,34,36-37,39-49H2,1-3H3/b11-8-,12-9-,17-14-,22-20-,26-25-,32-29-,33-18-,38-35-. The molecule has 6 nitrogen and oxygen atoms in total. The maximum Gasteiger partial charge on any atom is 0.306 e. The fourth-order valence-corrected chi connectivity index (χ4v) is 6.15. The molecule has 0 radical (unpaired) electrons. The van der Waals surface area contributed by atoms with Crippen LogP contribution in [0.1, 0.15) is 201 Å². The van der Waals surface area contributed by atoms with Crippen LogP contribution in [-0.2, 0) is 28.6 Å². The van der Waals surface area contributed by atoms with Crippen LogP contribution in [0.2, 0.25) is 0 Å². The number of ether oxygens (including phenoxy) is 3. The smallest absolute Gasteiger partial charge is 0.306 e. The first-order valence-electron chi connectivity index (χ1n) is 23.8. The Morgan fingerprint density at radius 1 is 0.373 bits per heavy atom. The fourth-order valence-electron chi connectivity index (χ4n) is 6.15. The largest absolute Gasteiger partial charge is 0.462 e. The predicted octanol–water partition coefficient (Wildman–Crippen LogP) is 15.4. The lowest BCUT2D eigenvalue weighted by Gasteiger charge is -2.18. The molecule has 0 rings (SSSR count). The first kappa shape index (κ1) is 55.3. The molecule has 0 aromatic rings. The van der Waals surface area contributed by atoms with E-state index < -0.39 is 12.1 Å². The van der Waals surface area contributed by atoms with Gasteiger partial charge in [-0.25, -0.2) is 0 Å². The van der Waals surface area contributed by atoms with Crippen LogP contribution in [0.3, 0.4) is 0 Å². The lowest BCUT2D eigenvalue weighted by atomic mass is 10.1. The second-order valence-electron chi connectivity index (χ2n) is 15.4. The molecule has 0 aliphatic heterocycles. The Morgan fingerprint density at radius 2 is 0.763 bits per heavy atom. The van der Waals surface area contributed by atoms with Gasteiger partial charge < -0.3 is 14.2 Å². The maximum atomic E-state index is 12.7. The van der Waals surface area contributed by atoms with E-state index in [2.05, 4.69) is 63.3 Å². The van der Waals surface area contributed by atoms with Gasteiger partial charge in [0.25, 0.3) is 0 Å². The average Bonchev–Trinajstić information content (AvgIpc) is 3.23. The number of unbranched alkanes of at least 4 members (excludes halogenated alkanes) is 18. The third kappa shape index (κ3) is 45.3. The quantitative estimate of drug-likeness (QED) is 0.0201. The normalized spacial score (nSPS) is 12.9. The SMILES string of the molecule is CC\C=C/C=C\C=C/C=C\C=C/CCCC(=O)OC(COC(=O)CCCC/C=C\C/C=C\CC)COC(=O)CCCCCCCCC/C=C\CCCCCCCCCC. The van der Waals surface area contributed by atoms with Crippen molar-refractivity contribution >= 4 is 17.9 Å². The van der Waals surface area contributed by atoms with Crippen LogP contribution < -0.4 is 0 Å². The van der Waals surface area contributed by atoms with Gasteiger partial charge >= 0.3 is 17.9 Å². The molecule has 0 aliphatic carbocycles. The van der Waals surface area contributed by atoms with E-state index in [0.717, 1.165) is 64.2 Å². The molecule has 0 saturated heterocycles. The van der Waals surface area contributed by atoms with Crippen molar-refractivity contribution in [2.24, 2.45) is 0 Å².